The Morgan fingerprint density at radius 1 is 1.17 bits per heavy atom. The number of nitrogens with zero attached hydrogens (tertiary/aromatic N) is 1. The van der Waals surface area contributed by atoms with Gasteiger partial charge in [0.25, 0.3) is 0 Å². The predicted octanol–water partition coefficient (Wildman–Crippen LogP) is 3.02. The van der Waals surface area contributed by atoms with E-state index in [0.29, 0.717) is 0 Å². The van der Waals surface area contributed by atoms with Crippen molar-refractivity contribution < 1.29 is 8.42 Å². The van der Waals surface area contributed by atoms with Crippen LogP contribution < -0.4 is 0 Å². The van der Waals surface area contributed by atoms with Gasteiger partial charge in [0.05, 0.1) is 10.8 Å². The van der Waals surface area contributed by atoms with Crippen molar-refractivity contribution in [1.29, 1.82) is 0 Å². The molecule has 0 unspecified atom stereocenters. The van der Waals surface area contributed by atoms with Crippen molar-refractivity contribution in [2.75, 3.05) is 0 Å². The molecule has 3 nitrogen and oxygen atoms in total. The smallest absolute Gasteiger partial charge is 0.201 e. The molecule has 0 aliphatic heterocycles. The van der Waals surface area contributed by atoms with Crippen molar-refractivity contribution >= 4 is 21.4 Å². The number of rotatable bonds is 3. The van der Waals surface area contributed by atoms with Gasteiger partial charge >= 0.3 is 0 Å². The molecule has 1 aromatic carbocycles. The average molecular weight is 282 g/mol. The zero-order valence-electron chi connectivity index (χ0n) is 9.80. The lowest BCUT2D eigenvalue weighted by Gasteiger charge is -2.05. The lowest BCUT2D eigenvalue weighted by Crippen LogP contribution is -2.07. The highest BCUT2D eigenvalue weighted by Crippen LogP contribution is 2.22. The molecule has 2 rings (SSSR count). The van der Waals surface area contributed by atoms with Gasteiger partial charge in [-0.2, -0.15) is 0 Å². The third-order valence-electron chi connectivity index (χ3n) is 2.50. The Hall–Kier alpha value is -1.39. The van der Waals surface area contributed by atoms with Gasteiger partial charge < -0.3 is 0 Å². The minimum atomic E-state index is -3.50. The van der Waals surface area contributed by atoms with Crippen molar-refractivity contribution in [3.8, 4) is 0 Å². The molecule has 0 saturated carbocycles. The second-order valence-corrected chi connectivity index (χ2v) is 6.35. The van der Waals surface area contributed by atoms with E-state index in [4.69, 9.17) is 11.6 Å². The third-order valence-corrected chi connectivity index (χ3v) is 4.54. The molecule has 5 heteroatoms. The Balaban J connectivity index is 2.33. The first-order valence-corrected chi connectivity index (χ1v) is 7.41. The molecule has 0 saturated heterocycles. The number of hydrogen-bond donors (Lipinski definition) is 0. The maximum Gasteiger partial charge on any atom is 0.201 e. The van der Waals surface area contributed by atoms with Gasteiger partial charge in [0, 0.05) is 6.20 Å². The summed E-state index contributed by atoms with van der Waals surface area (Å²) in [5, 5.41) is 0.0943. The van der Waals surface area contributed by atoms with Gasteiger partial charge in [-0.05, 0) is 24.6 Å². The van der Waals surface area contributed by atoms with E-state index in [9.17, 15) is 8.42 Å². The summed E-state index contributed by atoms with van der Waals surface area (Å²) >= 11 is 5.86. The van der Waals surface area contributed by atoms with Crippen LogP contribution in [0.4, 0.5) is 0 Å². The molecule has 18 heavy (non-hydrogen) atoms. The van der Waals surface area contributed by atoms with E-state index in [1.807, 2.05) is 19.1 Å². The molecular formula is C13H12ClNO2S. The summed E-state index contributed by atoms with van der Waals surface area (Å²) in [6.45, 7) is 1.95. The van der Waals surface area contributed by atoms with E-state index in [0.717, 1.165) is 11.1 Å². The Kier molecular flexibility index (Phi) is 3.68. The highest BCUT2D eigenvalue weighted by Gasteiger charge is 2.19. The van der Waals surface area contributed by atoms with Gasteiger partial charge in [-0.15, -0.1) is 0 Å². The summed E-state index contributed by atoms with van der Waals surface area (Å²) in [6, 6.07) is 10.5. The highest BCUT2D eigenvalue weighted by molar-refractivity contribution is 7.90. The van der Waals surface area contributed by atoms with E-state index >= 15 is 0 Å². The number of aryl methyl sites for hydroxylation is 1. The number of sulfone groups is 1. The van der Waals surface area contributed by atoms with E-state index in [-0.39, 0.29) is 15.8 Å². The Morgan fingerprint density at radius 2 is 1.83 bits per heavy atom. The molecule has 2 aromatic rings. The quantitative estimate of drug-likeness (QED) is 0.869. The van der Waals surface area contributed by atoms with Gasteiger partial charge in [0.2, 0.25) is 9.84 Å². The maximum atomic E-state index is 12.2. The minimum Gasteiger partial charge on any atom is -0.243 e. The Morgan fingerprint density at radius 3 is 2.44 bits per heavy atom. The lowest BCUT2D eigenvalue weighted by molar-refractivity contribution is 0.591. The van der Waals surface area contributed by atoms with Crippen molar-refractivity contribution in [2.45, 2.75) is 17.7 Å². The molecule has 0 atom stereocenters. The largest absolute Gasteiger partial charge is 0.243 e. The maximum absolute atomic E-state index is 12.2. The molecule has 0 N–H and O–H groups in total. The van der Waals surface area contributed by atoms with E-state index in [1.165, 1.54) is 12.3 Å². The topological polar surface area (TPSA) is 47.0 Å². The van der Waals surface area contributed by atoms with Crippen LogP contribution in [0.1, 0.15) is 11.1 Å². The van der Waals surface area contributed by atoms with E-state index in [2.05, 4.69) is 4.98 Å². The van der Waals surface area contributed by atoms with Crippen LogP contribution in [0.15, 0.2) is 47.6 Å². The molecule has 0 aliphatic carbocycles. The fourth-order valence-corrected chi connectivity index (χ4v) is 3.40. The van der Waals surface area contributed by atoms with Gasteiger partial charge in [-0.25, -0.2) is 13.4 Å². The standard InChI is InChI=1S/C13H12ClNO2S/c1-10-4-6-11(7-5-10)9-18(16,17)13-12(14)3-2-8-15-13/h2-8H,9H2,1H3. The number of aromatic nitrogens is 1. The molecular weight excluding hydrogens is 270 g/mol. The molecule has 1 aromatic heterocycles. The molecule has 0 bridgehead atoms. The van der Waals surface area contributed by atoms with Crippen molar-refractivity contribution in [3.63, 3.8) is 0 Å². The van der Waals surface area contributed by atoms with Crippen molar-refractivity contribution in [3.05, 3.63) is 58.7 Å². The molecule has 1 heterocycles. The summed E-state index contributed by atoms with van der Waals surface area (Å²) in [6.07, 6.45) is 1.42. The Bertz CT molecular complexity index is 651. The zero-order chi connectivity index (χ0) is 13.2. The summed E-state index contributed by atoms with van der Waals surface area (Å²) in [7, 11) is -3.50. The second-order valence-electron chi connectivity index (χ2n) is 4.04. The lowest BCUT2D eigenvalue weighted by atomic mass is 10.2. The monoisotopic (exact) mass is 281 g/mol. The van der Waals surface area contributed by atoms with Crippen LogP contribution in [0.25, 0.3) is 0 Å². The fraction of sp³-hybridized carbons (Fsp3) is 0.154. The van der Waals surface area contributed by atoms with Crippen molar-refractivity contribution in [2.24, 2.45) is 0 Å². The van der Waals surface area contributed by atoms with E-state index in [1.54, 1.807) is 18.2 Å². The minimum absolute atomic E-state index is 0.0627. The SMILES string of the molecule is Cc1ccc(CS(=O)(=O)c2ncccc2Cl)cc1. The van der Waals surface area contributed by atoms with Gasteiger partial charge in [0.1, 0.15) is 0 Å². The van der Waals surface area contributed by atoms with Crippen LogP contribution in [0.5, 0.6) is 0 Å². The first-order valence-electron chi connectivity index (χ1n) is 5.38. The summed E-state index contributed by atoms with van der Waals surface area (Å²) in [5.74, 6) is -0.0932. The first-order chi connectivity index (χ1) is 8.49. The normalized spacial score (nSPS) is 11.4. The summed E-state index contributed by atoms with van der Waals surface area (Å²) < 4.78 is 24.3. The molecule has 0 radical (unpaired) electrons. The van der Waals surface area contributed by atoms with Crippen molar-refractivity contribution in [1.82, 2.24) is 4.98 Å². The Labute approximate surface area is 111 Å². The number of pyridine rings is 1. The van der Waals surface area contributed by atoms with Crippen LogP contribution >= 0.6 is 11.6 Å². The number of halogens is 1. The second kappa shape index (κ2) is 5.08. The van der Waals surface area contributed by atoms with Crippen LogP contribution in [-0.2, 0) is 15.6 Å². The van der Waals surface area contributed by atoms with Crippen LogP contribution in [0.3, 0.4) is 0 Å². The molecule has 0 amide bonds. The highest BCUT2D eigenvalue weighted by atomic mass is 35.5. The molecule has 0 aliphatic rings. The first kappa shape index (κ1) is 13.1. The predicted molar refractivity (Wildman–Crippen MR) is 71.3 cm³/mol. The molecule has 0 spiro atoms. The summed E-state index contributed by atoms with van der Waals surface area (Å²) in [5.41, 5.74) is 1.81. The molecule has 0 fully saturated rings. The van der Waals surface area contributed by atoms with Gasteiger partial charge in [-0.1, -0.05) is 41.4 Å². The fourth-order valence-electron chi connectivity index (χ4n) is 1.57. The van der Waals surface area contributed by atoms with E-state index < -0.39 is 9.84 Å². The van der Waals surface area contributed by atoms with Crippen LogP contribution in [0.2, 0.25) is 5.02 Å². The van der Waals surface area contributed by atoms with Gasteiger partial charge in [-0.3, -0.25) is 0 Å². The number of hydrogen-bond acceptors (Lipinski definition) is 3. The zero-order valence-corrected chi connectivity index (χ0v) is 11.4. The molecule has 94 valence electrons. The third kappa shape index (κ3) is 2.89. The average Bonchev–Trinajstić information content (AvgIpc) is 2.32. The van der Waals surface area contributed by atoms with Crippen LogP contribution in [0, 0.1) is 6.92 Å². The number of benzene rings is 1. The summed E-state index contributed by atoms with van der Waals surface area (Å²) in [4.78, 5) is 3.84. The van der Waals surface area contributed by atoms with Gasteiger partial charge in [0.15, 0.2) is 5.03 Å². The van der Waals surface area contributed by atoms with Crippen LogP contribution in [-0.4, -0.2) is 13.4 Å².